The van der Waals surface area contributed by atoms with Crippen molar-refractivity contribution in [3.05, 3.63) is 74.8 Å². The Morgan fingerprint density at radius 2 is 1.71 bits per heavy atom. The number of nitro groups is 1. The molecule has 0 spiro atoms. The minimum atomic E-state index is -0.483. The molecule has 2 aromatic carbocycles. The van der Waals surface area contributed by atoms with Crippen LogP contribution in [0.2, 0.25) is 5.02 Å². The standard InChI is InChI=1S/C15H12ClNO3S/c16-13-5-1-11(2-6-13)9-21-10-15(18)12-3-7-14(8-4-12)17(19)20/h1-8H,9-10H2. The predicted octanol–water partition coefficient (Wildman–Crippen LogP) is 4.36. The molecular formula is C15H12ClNO3S. The molecule has 4 nitrogen and oxygen atoms in total. The van der Waals surface area contributed by atoms with Crippen molar-refractivity contribution in [2.24, 2.45) is 0 Å². The molecule has 0 N–H and O–H groups in total. The van der Waals surface area contributed by atoms with Gasteiger partial charge in [-0.2, -0.15) is 0 Å². The zero-order chi connectivity index (χ0) is 15.2. The van der Waals surface area contributed by atoms with Crippen molar-refractivity contribution in [3.8, 4) is 0 Å². The number of thioether (sulfide) groups is 1. The molecule has 108 valence electrons. The molecule has 0 saturated carbocycles. The molecule has 0 bridgehead atoms. The first kappa shape index (κ1) is 15.5. The second-order valence-corrected chi connectivity index (χ2v) is 5.77. The maximum absolute atomic E-state index is 12.0. The lowest BCUT2D eigenvalue weighted by atomic mass is 10.1. The van der Waals surface area contributed by atoms with E-state index in [9.17, 15) is 14.9 Å². The maximum atomic E-state index is 12.0. The number of benzene rings is 2. The van der Waals surface area contributed by atoms with Crippen LogP contribution in [-0.4, -0.2) is 16.5 Å². The molecule has 0 saturated heterocycles. The highest BCUT2D eigenvalue weighted by Gasteiger charge is 2.09. The number of carbonyl (C=O) groups is 1. The second-order valence-electron chi connectivity index (χ2n) is 4.35. The van der Waals surface area contributed by atoms with Crippen molar-refractivity contribution >= 4 is 34.8 Å². The van der Waals surface area contributed by atoms with Crippen molar-refractivity contribution in [3.63, 3.8) is 0 Å². The Morgan fingerprint density at radius 1 is 1.10 bits per heavy atom. The van der Waals surface area contributed by atoms with Gasteiger partial charge in [-0.05, 0) is 29.8 Å². The van der Waals surface area contributed by atoms with Gasteiger partial charge in [-0.1, -0.05) is 23.7 Å². The zero-order valence-corrected chi connectivity index (χ0v) is 12.6. The van der Waals surface area contributed by atoms with Crippen LogP contribution < -0.4 is 0 Å². The quantitative estimate of drug-likeness (QED) is 0.450. The SMILES string of the molecule is O=C(CSCc1ccc(Cl)cc1)c1ccc([N+](=O)[O-])cc1. The summed E-state index contributed by atoms with van der Waals surface area (Å²) < 4.78 is 0. The monoisotopic (exact) mass is 321 g/mol. The Morgan fingerprint density at radius 3 is 2.29 bits per heavy atom. The average molecular weight is 322 g/mol. The van der Waals surface area contributed by atoms with Crippen LogP contribution in [0, 0.1) is 10.1 Å². The van der Waals surface area contributed by atoms with Crippen LogP contribution in [0.3, 0.4) is 0 Å². The molecule has 0 amide bonds. The van der Waals surface area contributed by atoms with E-state index < -0.39 is 4.92 Å². The molecule has 0 unspecified atom stereocenters. The summed E-state index contributed by atoms with van der Waals surface area (Å²) in [6.45, 7) is 0. The minimum Gasteiger partial charge on any atom is -0.293 e. The maximum Gasteiger partial charge on any atom is 0.269 e. The normalized spacial score (nSPS) is 10.3. The van der Waals surface area contributed by atoms with Gasteiger partial charge in [-0.25, -0.2) is 0 Å². The van der Waals surface area contributed by atoms with Crippen LogP contribution in [-0.2, 0) is 5.75 Å². The summed E-state index contributed by atoms with van der Waals surface area (Å²) in [7, 11) is 0. The van der Waals surface area contributed by atoms with E-state index in [0.717, 1.165) is 11.3 Å². The third kappa shape index (κ3) is 4.58. The van der Waals surface area contributed by atoms with Crippen LogP contribution in [0.25, 0.3) is 0 Å². The number of hydrogen-bond acceptors (Lipinski definition) is 4. The average Bonchev–Trinajstić information content (AvgIpc) is 2.49. The van der Waals surface area contributed by atoms with Gasteiger partial charge in [0.1, 0.15) is 0 Å². The van der Waals surface area contributed by atoms with Crippen molar-refractivity contribution in [2.45, 2.75) is 5.75 Å². The minimum absolute atomic E-state index is 0.0135. The number of halogens is 1. The van der Waals surface area contributed by atoms with Crippen molar-refractivity contribution in [2.75, 3.05) is 5.75 Å². The Labute approximate surface area is 131 Å². The summed E-state index contributed by atoms with van der Waals surface area (Å²) in [6, 6.07) is 13.1. The Bertz CT molecular complexity index is 641. The van der Waals surface area contributed by atoms with Gasteiger partial charge in [0, 0.05) is 28.5 Å². The molecule has 0 heterocycles. The first-order valence-electron chi connectivity index (χ1n) is 6.16. The van der Waals surface area contributed by atoms with Crippen LogP contribution >= 0.6 is 23.4 Å². The van der Waals surface area contributed by atoms with Gasteiger partial charge in [-0.3, -0.25) is 14.9 Å². The molecule has 2 rings (SSSR count). The third-order valence-corrected chi connectivity index (χ3v) is 4.07. The fraction of sp³-hybridized carbons (Fsp3) is 0.133. The Kier molecular flexibility index (Phi) is 5.36. The highest BCUT2D eigenvalue weighted by atomic mass is 35.5. The van der Waals surface area contributed by atoms with E-state index >= 15 is 0 Å². The predicted molar refractivity (Wildman–Crippen MR) is 85.0 cm³/mol. The van der Waals surface area contributed by atoms with E-state index in [1.165, 1.54) is 36.0 Å². The van der Waals surface area contributed by atoms with Crippen LogP contribution in [0.1, 0.15) is 15.9 Å². The molecule has 21 heavy (non-hydrogen) atoms. The highest BCUT2D eigenvalue weighted by Crippen LogP contribution is 2.18. The number of hydrogen-bond donors (Lipinski definition) is 0. The number of nitro benzene ring substituents is 1. The fourth-order valence-electron chi connectivity index (χ4n) is 1.69. The van der Waals surface area contributed by atoms with E-state index in [-0.39, 0.29) is 11.5 Å². The summed E-state index contributed by atoms with van der Waals surface area (Å²) in [5, 5.41) is 11.2. The molecule has 0 aromatic heterocycles. The molecule has 0 aliphatic carbocycles. The lowest BCUT2D eigenvalue weighted by Gasteiger charge is -2.02. The Hall–Kier alpha value is -1.85. The van der Waals surface area contributed by atoms with Crippen molar-refractivity contribution < 1.29 is 9.72 Å². The topological polar surface area (TPSA) is 60.2 Å². The van der Waals surface area contributed by atoms with E-state index in [0.29, 0.717) is 16.3 Å². The van der Waals surface area contributed by atoms with E-state index in [2.05, 4.69) is 0 Å². The number of Topliss-reactive ketones (excluding diaryl/α,β-unsaturated/α-hetero) is 1. The van der Waals surface area contributed by atoms with E-state index in [4.69, 9.17) is 11.6 Å². The summed E-state index contributed by atoms with van der Waals surface area (Å²) >= 11 is 7.30. The van der Waals surface area contributed by atoms with Crippen molar-refractivity contribution in [1.82, 2.24) is 0 Å². The molecule has 0 atom stereocenters. The molecular weight excluding hydrogens is 310 g/mol. The summed E-state index contributed by atoms with van der Waals surface area (Å²) in [5.41, 5.74) is 1.57. The van der Waals surface area contributed by atoms with Gasteiger partial charge in [0.2, 0.25) is 0 Å². The van der Waals surface area contributed by atoms with Gasteiger partial charge in [0.05, 0.1) is 10.7 Å². The van der Waals surface area contributed by atoms with Gasteiger partial charge in [-0.15, -0.1) is 11.8 Å². The number of non-ortho nitro benzene ring substituents is 1. The molecule has 2 aromatic rings. The van der Waals surface area contributed by atoms with E-state index in [1.54, 1.807) is 0 Å². The van der Waals surface area contributed by atoms with E-state index in [1.807, 2.05) is 24.3 Å². The summed E-state index contributed by atoms with van der Waals surface area (Å²) in [6.07, 6.45) is 0. The molecule has 0 radical (unpaired) electrons. The first-order valence-corrected chi connectivity index (χ1v) is 7.69. The summed E-state index contributed by atoms with van der Waals surface area (Å²) in [4.78, 5) is 22.0. The van der Waals surface area contributed by atoms with Gasteiger partial charge in [0.25, 0.3) is 5.69 Å². The molecule has 0 fully saturated rings. The zero-order valence-electron chi connectivity index (χ0n) is 11.0. The van der Waals surface area contributed by atoms with Crippen LogP contribution in [0.5, 0.6) is 0 Å². The lowest BCUT2D eigenvalue weighted by Crippen LogP contribution is -2.02. The molecule has 0 aliphatic rings. The number of ketones is 1. The largest absolute Gasteiger partial charge is 0.293 e. The van der Waals surface area contributed by atoms with Gasteiger partial charge >= 0.3 is 0 Å². The second kappa shape index (κ2) is 7.24. The number of nitrogens with zero attached hydrogens (tertiary/aromatic N) is 1. The van der Waals surface area contributed by atoms with Crippen LogP contribution in [0.4, 0.5) is 5.69 Å². The number of rotatable bonds is 6. The van der Waals surface area contributed by atoms with Crippen molar-refractivity contribution in [1.29, 1.82) is 0 Å². The molecule has 6 heteroatoms. The lowest BCUT2D eigenvalue weighted by molar-refractivity contribution is -0.384. The summed E-state index contributed by atoms with van der Waals surface area (Å²) in [5.74, 6) is 1.01. The Balaban J connectivity index is 1.86. The van der Waals surface area contributed by atoms with Crippen LogP contribution in [0.15, 0.2) is 48.5 Å². The third-order valence-electron chi connectivity index (χ3n) is 2.82. The highest BCUT2D eigenvalue weighted by molar-refractivity contribution is 7.99. The smallest absolute Gasteiger partial charge is 0.269 e. The fourth-order valence-corrected chi connectivity index (χ4v) is 2.70. The number of carbonyl (C=O) groups excluding carboxylic acids is 1. The molecule has 0 aliphatic heterocycles. The first-order chi connectivity index (χ1) is 10.1. The van der Waals surface area contributed by atoms with Gasteiger partial charge in [0.15, 0.2) is 5.78 Å². The van der Waals surface area contributed by atoms with Gasteiger partial charge < -0.3 is 0 Å².